The van der Waals surface area contributed by atoms with Gasteiger partial charge in [-0.2, -0.15) is 0 Å². The minimum atomic E-state index is 0.340. The van der Waals surface area contributed by atoms with Crippen LogP contribution >= 0.6 is 0 Å². The van der Waals surface area contributed by atoms with Gasteiger partial charge in [-0.15, -0.1) is 0 Å². The lowest BCUT2D eigenvalue weighted by atomic mass is 9.82. The predicted molar refractivity (Wildman–Crippen MR) is 78.1 cm³/mol. The number of carbonyl (C=O) groups is 1. The number of hydrogen-bond acceptors (Lipinski definition) is 3. The predicted octanol–water partition coefficient (Wildman–Crippen LogP) is 1.32. The van der Waals surface area contributed by atoms with Crippen LogP contribution in [-0.4, -0.2) is 61.5 Å². The van der Waals surface area contributed by atoms with Gasteiger partial charge in [-0.3, -0.25) is 4.79 Å². The van der Waals surface area contributed by atoms with Gasteiger partial charge in [0.15, 0.2) is 0 Å². The van der Waals surface area contributed by atoms with Gasteiger partial charge in [-0.25, -0.2) is 0 Å². The molecule has 2 saturated heterocycles. The molecule has 0 atom stereocenters. The van der Waals surface area contributed by atoms with Crippen molar-refractivity contribution in [2.75, 3.05) is 45.8 Å². The summed E-state index contributed by atoms with van der Waals surface area (Å²) < 4.78 is 0. The number of likely N-dealkylation sites (tertiary alicyclic amines) is 1. The molecule has 0 bridgehead atoms. The summed E-state index contributed by atoms with van der Waals surface area (Å²) in [4.78, 5) is 16.6. The molecule has 2 fully saturated rings. The van der Waals surface area contributed by atoms with Crippen molar-refractivity contribution in [2.24, 2.45) is 5.41 Å². The number of carbonyl (C=O) groups excluding carboxylic acids is 1. The van der Waals surface area contributed by atoms with Gasteiger partial charge in [0, 0.05) is 45.7 Å². The Morgan fingerprint density at radius 2 is 1.84 bits per heavy atom. The second kappa shape index (κ2) is 6.71. The number of nitrogens with zero attached hydrogens (tertiary/aromatic N) is 2. The van der Waals surface area contributed by atoms with Gasteiger partial charge in [-0.1, -0.05) is 13.8 Å². The molecule has 0 saturated carbocycles. The lowest BCUT2D eigenvalue weighted by Crippen LogP contribution is -2.47. The first-order valence-electron chi connectivity index (χ1n) is 7.90. The summed E-state index contributed by atoms with van der Waals surface area (Å²) in [6, 6.07) is 0. The van der Waals surface area contributed by atoms with Crippen LogP contribution in [0.1, 0.15) is 39.5 Å². The van der Waals surface area contributed by atoms with E-state index < -0.39 is 0 Å². The monoisotopic (exact) mass is 267 g/mol. The zero-order valence-electron chi connectivity index (χ0n) is 12.6. The topological polar surface area (TPSA) is 35.6 Å². The van der Waals surface area contributed by atoms with Gasteiger partial charge in [-0.05, 0) is 31.2 Å². The molecule has 1 N–H and O–H groups in total. The Balaban J connectivity index is 1.72. The van der Waals surface area contributed by atoms with Crippen molar-refractivity contribution in [3.8, 4) is 0 Å². The van der Waals surface area contributed by atoms with Gasteiger partial charge in [0.05, 0.1) is 0 Å². The van der Waals surface area contributed by atoms with Gasteiger partial charge in [0.1, 0.15) is 0 Å². The highest BCUT2D eigenvalue weighted by Gasteiger charge is 2.34. The molecule has 0 aromatic carbocycles. The van der Waals surface area contributed by atoms with E-state index in [2.05, 4.69) is 24.1 Å². The minimum absolute atomic E-state index is 0.340. The Bertz CT molecular complexity index is 296. The zero-order chi connectivity index (χ0) is 13.7. The number of rotatable bonds is 5. The van der Waals surface area contributed by atoms with Crippen molar-refractivity contribution in [3.63, 3.8) is 0 Å². The average Bonchev–Trinajstić information content (AvgIpc) is 2.90. The van der Waals surface area contributed by atoms with E-state index in [-0.39, 0.29) is 0 Å². The highest BCUT2D eigenvalue weighted by atomic mass is 16.2. The Morgan fingerprint density at radius 1 is 1.16 bits per heavy atom. The molecule has 2 aliphatic rings. The number of amides is 1. The van der Waals surface area contributed by atoms with Crippen molar-refractivity contribution in [1.82, 2.24) is 15.1 Å². The summed E-state index contributed by atoms with van der Waals surface area (Å²) in [5.41, 5.74) is 0.526. The molecule has 0 aromatic rings. The number of hydrogen-bond donors (Lipinski definition) is 1. The maximum Gasteiger partial charge on any atom is 0.223 e. The molecule has 19 heavy (non-hydrogen) atoms. The van der Waals surface area contributed by atoms with E-state index in [0.29, 0.717) is 17.7 Å². The molecule has 4 nitrogen and oxygen atoms in total. The number of nitrogens with one attached hydrogen (secondary N) is 1. The third kappa shape index (κ3) is 3.69. The van der Waals surface area contributed by atoms with Crippen LogP contribution in [0.3, 0.4) is 0 Å². The van der Waals surface area contributed by atoms with Gasteiger partial charge >= 0.3 is 0 Å². The van der Waals surface area contributed by atoms with E-state index in [1.165, 1.54) is 32.4 Å². The third-order valence-electron chi connectivity index (χ3n) is 5.13. The molecule has 2 aliphatic heterocycles. The normalized spacial score (nSPS) is 23.8. The second-order valence-electron chi connectivity index (χ2n) is 6.11. The molecule has 0 aromatic heterocycles. The fourth-order valence-electron chi connectivity index (χ4n) is 3.37. The SMILES string of the molecule is CCC1(CC)CCN(CCC(=O)N2CCNCC2)C1. The van der Waals surface area contributed by atoms with Crippen LogP contribution < -0.4 is 5.32 Å². The summed E-state index contributed by atoms with van der Waals surface area (Å²) in [6.07, 6.45) is 4.54. The van der Waals surface area contributed by atoms with E-state index in [1.807, 2.05) is 4.90 Å². The highest BCUT2D eigenvalue weighted by molar-refractivity contribution is 5.76. The van der Waals surface area contributed by atoms with E-state index in [9.17, 15) is 4.79 Å². The highest BCUT2D eigenvalue weighted by Crippen LogP contribution is 2.36. The lowest BCUT2D eigenvalue weighted by Gasteiger charge is -2.29. The molecule has 0 aliphatic carbocycles. The summed E-state index contributed by atoms with van der Waals surface area (Å²) in [7, 11) is 0. The summed E-state index contributed by atoms with van der Waals surface area (Å²) in [6.45, 7) is 11.6. The standard InChI is InChI=1S/C15H29N3O/c1-3-15(4-2)6-10-17(13-15)9-5-14(19)18-11-7-16-8-12-18/h16H,3-13H2,1-2H3. The molecule has 0 unspecified atom stereocenters. The third-order valence-corrected chi connectivity index (χ3v) is 5.13. The van der Waals surface area contributed by atoms with Crippen LogP contribution in [0, 0.1) is 5.41 Å². The van der Waals surface area contributed by atoms with Gasteiger partial charge in [0.25, 0.3) is 0 Å². The van der Waals surface area contributed by atoms with Crippen LogP contribution in [0.4, 0.5) is 0 Å². The van der Waals surface area contributed by atoms with Gasteiger partial charge < -0.3 is 15.1 Å². The first-order valence-corrected chi connectivity index (χ1v) is 7.90. The Kier molecular flexibility index (Phi) is 5.22. The number of piperazine rings is 1. The molecular weight excluding hydrogens is 238 g/mol. The quantitative estimate of drug-likeness (QED) is 0.816. The summed E-state index contributed by atoms with van der Waals surface area (Å²) in [5, 5.41) is 3.29. The molecule has 0 spiro atoms. The molecule has 110 valence electrons. The fourth-order valence-corrected chi connectivity index (χ4v) is 3.37. The molecule has 0 radical (unpaired) electrons. The smallest absolute Gasteiger partial charge is 0.223 e. The Hall–Kier alpha value is -0.610. The molecule has 1 amide bonds. The second-order valence-corrected chi connectivity index (χ2v) is 6.11. The minimum Gasteiger partial charge on any atom is -0.340 e. The average molecular weight is 267 g/mol. The van der Waals surface area contributed by atoms with Crippen molar-refractivity contribution in [2.45, 2.75) is 39.5 Å². The van der Waals surface area contributed by atoms with E-state index in [1.54, 1.807) is 0 Å². The molecule has 4 heteroatoms. The van der Waals surface area contributed by atoms with Crippen molar-refractivity contribution in [3.05, 3.63) is 0 Å². The Labute approximate surface area is 117 Å². The van der Waals surface area contributed by atoms with Gasteiger partial charge in [0.2, 0.25) is 5.91 Å². The Morgan fingerprint density at radius 3 is 2.42 bits per heavy atom. The zero-order valence-corrected chi connectivity index (χ0v) is 12.6. The molecule has 2 heterocycles. The molecular formula is C15H29N3O. The van der Waals surface area contributed by atoms with Crippen LogP contribution in [-0.2, 0) is 4.79 Å². The summed E-state index contributed by atoms with van der Waals surface area (Å²) >= 11 is 0. The first kappa shape index (κ1) is 14.8. The largest absolute Gasteiger partial charge is 0.340 e. The first-order chi connectivity index (χ1) is 9.19. The van der Waals surface area contributed by atoms with Crippen LogP contribution in [0.5, 0.6) is 0 Å². The maximum atomic E-state index is 12.1. The molecule has 2 rings (SSSR count). The van der Waals surface area contributed by atoms with Crippen molar-refractivity contribution in [1.29, 1.82) is 0 Å². The van der Waals surface area contributed by atoms with E-state index in [0.717, 1.165) is 32.7 Å². The lowest BCUT2D eigenvalue weighted by molar-refractivity contribution is -0.132. The van der Waals surface area contributed by atoms with E-state index in [4.69, 9.17) is 0 Å². The fraction of sp³-hybridized carbons (Fsp3) is 0.933. The summed E-state index contributed by atoms with van der Waals surface area (Å²) in [5.74, 6) is 0.340. The van der Waals surface area contributed by atoms with Crippen LogP contribution in [0.25, 0.3) is 0 Å². The van der Waals surface area contributed by atoms with Crippen LogP contribution in [0.2, 0.25) is 0 Å². The van der Waals surface area contributed by atoms with Crippen molar-refractivity contribution >= 4 is 5.91 Å². The maximum absolute atomic E-state index is 12.1. The van der Waals surface area contributed by atoms with Crippen molar-refractivity contribution < 1.29 is 4.79 Å². The van der Waals surface area contributed by atoms with Crippen LogP contribution in [0.15, 0.2) is 0 Å². The van der Waals surface area contributed by atoms with E-state index >= 15 is 0 Å².